The van der Waals surface area contributed by atoms with Gasteiger partial charge in [-0.25, -0.2) is 0 Å². The number of benzene rings is 1. The summed E-state index contributed by atoms with van der Waals surface area (Å²) in [5.41, 5.74) is 3.90. The van der Waals surface area contributed by atoms with E-state index >= 15 is 0 Å². The summed E-state index contributed by atoms with van der Waals surface area (Å²) in [6.45, 7) is 3.90. The van der Waals surface area contributed by atoms with Crippen LogP contribution in [0.15, 0.2) is 12.1 Å². The van der Waals surface area contributed by atoms with Gasteiger partial charge < -0.3 is 5.32 Å². The monoisotopic (exact) mass is 160 g/mol. The number of aryl methyl sites for hydroxylation is 2. The van der Waals surface area contributed by atoms with Crippen LogP contribution in [0, 0.1) is 25.2 Å². The largest absolute Gasteiger partial charge is 0.388 e. The molecule has 62 valence electrons. The molecule has 0 amide bonds. The molecule has 2 nitrogen and oxygen atoms in total. The molecule has 0 aliphatic rings. The van der Waals surface area contributed by atoms with Gasteiger partial charge >= 0.3 is 0 Å². The van der Waals surface area contributed by atoms with Crippen LogP contribution in [0.3, 0.4) is 0 Å². The van der Waals surface area contributed by atoms with E-state index in [9.17, 15) is 0 Å². The highest BCUT2D eigenvalue weighted by Crippen LogP contribution is 2.18. The van der Waals surface area contributed by atoms with Gasteiger partial charge in [-0.1, -0.05) is 0 Å². The predicted molar refractivity (Wildman–Crippen MR) is 50.2 cm³/mol. The molecule has 0 saturated carbocycles. The second kappa shape index (κ2) is 3.27. The normalized spacial score (nSPS) is 9.17. The molecule has 12 heavy (non-hydrogen) atoms. The summed E-state index contributed by atoms with van der Waals surface area (Å²) < 4.78 is 0. The van der Waals surface area contributed by atoms with Crippen LogP contribution in [-0.2, 0) is 0 Å². The lowest BCUT2D eigenvalue weighted by Gasteiger charge is -2.06. The van der Waals surface area contributed by atoms with Gasteiger partial charge in [0.1, 0.15) is 0 Å². The van der Waals surface area contributed by atoms with Gasteiger partial charge in [0.05, 0.1) is 11.6 Å². The quantitative estimate of drug-likeness (QED) is 0.683. The van der Waals surface area contributed by atoms with E-state index in [1.54, 1.807) is 0 Å². The molecule has 0 aliphatic heterocycles. The highest BCUT2D eigenvalue weighted by atomic mass is 14.8. The van der Waals surface area contributed by atoms with Crippen molar-refractivity contribution < 1.29 is 0 Å². The van der Waals surface area contributed by atoms with Crippen molar-refractivity contribution in [3.63, 3.8) is 0 Å². The summed E-state index contributed by atoms with van der Waals surface area (Å²) in [6.07, 6.45) is 0. The van der Waals surface area contributed by atoms with Crippen LogP contribution in [-0.4, -0.2) is 7.05 Å². The molecular formula is C10H12N2. The van der Waals surface area contributed by atoms with Gasteiger partial charge in [-0.05, 0) is 37.1 Å². The molecule has 0 radical (unpaired) electrons. The smallest absolute Gasteiger partial charge is 0.0997 e. The summed E-state index contributed by atoms with van der Waals surface area (Å²) in [7, 11) is 1.88. The molecule has 2 heteroatoms. The average Bonchev–Trinajstić information content (AvgIpc) is 2.03. The third kappa shape index (κ3) is 1.40. The van der Waals surface area contributed by atoms with Crippen LogP contribution in [0.2, 0.25) is 0 Å². The fourth-order valence-corrected chi connectivity index (χ4v) is 1.28. The van der Waals surface area contributed by atoms with E-state index in [0.717, 1.165) is 22.4 Å². The lowest BCUT2D eigenvalue weighted by Crippen LogP contribution is -1.93. The Morgan fingerprint density at radius 2 is 1.75 bits per heavy atom. The van der Waals surface area contributed by atoms with Gasteiger partial charge in [0, 0.05) is 12.7 Å². The van der Waals surface area contributed by atoms with E-state index < -0.39 is 0 Å². The highest BCUT2D eigenvalue weighted by Gasteiger charge is 2.02. The van der Waals surface area contributed by atoms with Gasteiger partial charge in [0.2, 0.25) is 0 Å². The molecule has 1 aromatic rings. The molecule has 0 fully saturated rings. The molecule has 0 aromatic heterocycles. The van der Waals surface area contributed by atoms with Crippen molar-refractivity contribution in [3.8, 4) is 6.07 Å². The van der Waals surface area contributed by atoms with Crippen molar-refractivity contribution in [2.75, 3.05) is 12.4 Å². The Morgan fingerprint density at radius 3 is 2.08 bits per heavy atom. The maximum Gasteiger partial charge on any atom is 0.0997 e. The molecule has 0 spiro atoms. The second-order valence-electron chi connectivity index (χ2n) is 2.85. The molecule has 0 atom stereocenters. The van der Waals surface area contributed by atoms with Gasteiger partial charge in [-0.15, -0.1) is 0 Å². The minimum atomic E-state index is 0.786. The number of anilines is 1. The van der Waals surface area contributed by atoms with E-state index in [-0.39, 0.29) is 0 Å². The average molecular weight is 160 g/mol. The first kappa shape index (κ1) is 8.61. The number of nitrogens with one attached hydrogen (secondary N) is 1. The minimum absolute atomic E-state index is 0.786. The van der Waals surface area contributed by atoms with Crippen LogP contribution in [0.4, 0.5) is 5.69 Å². The molecule has 0 aliphatic carbocycles. The first-order valence-electron chi connectivity index (χ1n) is 3.88. The Hall–Kier alpha value is -1.49. The van der Waals surface area contributed by atoms with Crippen LogP contribution in [0.1, 0.15) is 16.7 Å². The van der Waals surface area contributed by atoms with Crippen molar-refractivity contribution in [2.24, 2.45) is 0 Å². The first-order valence-corrected chi connectivity index (χ1v) is 3.88. The molecule has 0 saturated heterocycles. The zero-order chi connectivity index (χ0) is 9.14. The summed E-state index contributed by atoms with van der Waals surface area (Å²) >= 11 is 0. The molecular weight excluding hydrogens is 148 g/mol. The van der Waals surface area contributed by atoms with Crippen molar-refractivity contribution in [2.45, 2.75) is 13.8 Å². The molecule has 0 bridgehead atoms. The lowest BCUT2D eigenvalue weighted by atomic mass is 10.0. The topological polar surface area (TPSA) is 35.8 Å². The Bertz CT molecular complexity index is 311. The Balaban J connectivity index is 3.30. The van der Waals surface area contributed by atoms with Crippen LogP contribution in [0.25, 0.3) is 0 Å². The molecule has 1 rings (SSSR count). The number of nitrogens with zero attached hydrogens (tertiary/aromatic N) is 1. The van der Waals surface area contributed by atoms with Gasteiger partial charge in [-0.3, -0.25) is 0 Å². The summed E-state index contributed by atoms with van der Waals surface area (Å²) in [4.78, 5) is 0. The second-order valence-corrected chi connectivity index (χ2v) is 2.85. The number of hydrogen-bond donors (Lipinski definition) is 1. The Labute approximate surface area is 72.8 Å². The van der Waals surface area contributed by atoms with E-state index in [1.807, 2.05) is 33.0 Å². The Kier molecular flexibility index (Phi) is 2.35. The summed E-state index contributed by atoms with van der Waals surface area (Å²) in [5.74, 6) is 0. The predicted octanol–water partition coefficient (Wildman–Crippen LogP) is 2.22. The Morgan fingerprint density at radius 1 is 1.25 bits per heavy atom. The standard InChI is InChI=1S/C10H12N2/c1-7-4-9(12-3)5-8(2)10(7)6-11/h4-5,12H,1-3H3. The maximum absolute atomic E-state index is 8.79. The van der Waals surface area contributed by atoms with Crippen molar-refractivity contribution in [1.82, 2.24) is 0 Å². The lowest BCUT2D eigenvalue weighted by molar-refractivity contribution is 1.31. The fraction of sp³-hybridized carbons (Fsp3) is 0.300. The van der Waals surface area contributed by atoms with Crippen molar-refractivity contribution in [1.29, 1.82) is 5.26 Å². The van der Waals surface area contributed by atoms with E-state index in [1.165, 1.54) is 0 Å². The van der Waals surface area contributed by atoms with E-state index in [4.69, 9.17) is 5.26 Å². The van der Waals surface area contributed by atoms with E-state index in [0.29, 0.717) is 0 Å². The number of hydrogen-bond acceptors (Lipinski definition) is 2. The molecule has 1 N–H and O–H groups in total. The van der Waals surface area contributed by atoms with Crippen molar-refractivity contribution >= 4 is 5.69 Å². The van der Waals surface area contributed by atoms with Crippen LogP contribution < -0.4 is 5.32 Å². The van der Waals surface area contributed by atoms with Gasteiger partial charge in [0.25, 0.3) is 0 Å². The maximum atomic E-state index is 8.79. The van der Waals surface area contributed by atoms with Crippen LogP contribution in [0.5, 0.6) is 0 Å². The third-order valence-corrected chi connectivity index (χ3v) is 1.93. The third-order valence-electron chi connectivity index (χ3n) is 1.93. The van der Waals surface area contributed by atoms with Crippen molar-refractivity contribution in [3.05, 3.63) is 28.8 Å². The van der Waals surface area contributed by atoms with Gasteiger partial charge in [0.15, 0.2) is 0 Å². The SMILES string of the molecule is CNc1cc(C)c(C#N)c(C)c1. The zero-order valence-corrected chi connectivity index (χ0v) is 7.60. The molecule has 0 heterocycles. The molecule has 0 unspecified atom stereocenters. The minimum Gasteiger partial charge on any atom is -0.388 e. The van der Waals surface area contributed by atoms with E-state index in [2.05, 4.69) is 11.4 Å². The zero-order valence-electron chi connectivity index (χ0n) is 7.60. The van der Waals surface area contributed by atoms with Gasteiger partial charge in [-0.2, -0.15) is 5.26 Å². The summed E-state index contributed by atoms with van der Waals surface area (Å²) in [5, 5.41) is 11.8. The molecule has 1 aromatic carbocycles. The fourth-order valence-electron chi connectivity index (χ4n) is 1.28. The number of nitriles is 1. The number of rotatable bonds is 1. The summed E-state index contributed by atoms with van der Waals surface area (Å²) in [6, 6.07) is 6.14. The first-order chi connectivity index (χ1) is 5.69. The van der Waals surface area contributed by atoms with Crippen LogP contribution >= 0.6 is 0 Å². The highest BCUT2D eigenvalue weighted by molar-refractivity contribution is 5.55.